The van der Waals surface area contributed by atoms with Crippen molar-refractivity contribution in [3.63, 3.8) is 0 Å². The molecule has 1 amide bonds. The van der Waals surface area contributed by atoms with E-state index in [1.54, 1.807) is 35.6 Å². The number of halogens is 1. The van der Waals surface area contributed by atoms with E-state index in [0.29, 0.717) is 29.9 Å². The molecule has 29 heavy (non-hydrogen) atoms. The van der Waals surface area contributed by atoms with Crippen molar-refractivity contribution < 1.29 is 9.18 Å². The van der Waals surface area contributed by atoms with E-state index >= 15 is 4.39 Å². The molecule has 0 aromatic carbocycles. The number of nitrogens with zero attached hydrogens (tertiary/aromatic N) is 6. The van der Waals surface area contributed by atoms with Gasteiger partial charge in [-0.2, -0.15) is 10.4 Å². The molecule has 4 rings (SSSR count). The van der Waals surface area contributed by atoms with E-state index in [4.69, 9.17) is 5.26 Å². The van der Waals surface area contributed by atoms with Crippen LogP contribution in [0.15, 0.2) is 55.2 Å². The molecule has 8 heteroatoms. The van der Waals surface area contributed by atoms with Crippen LogP contribution in [0.25, 0.3) is 11.3 Å². The first-order chi connectivity index (χ1) is 14.1. The van der Waals surface area contributed by atoms with E-state index in [9.17, 15) is 4.79 Å². The van der Waals surface area contributed by atoms with Crippen LogP contribution in [0.5, 0.6) is 0 Å². The van der Waals surface area contributed by atoms with Crippen LogP contribution in [0.4, 0.5) is 4.39 Å². The molecule has 7 nitrogen and oxygen atoms in total. The summed E-state index contributed by atoms with van der Waals surface area (Å²) in [5.41, 5.74) is 0.848. The first-order valence-electron chi connectivity index (χ1n) is 9.34. The van der Waals surface area contributed by atoms with Crippen LogP contribution in [-0.2, 0) is 6.54 Å². The fraction of sp³-hybridized carbons (Fsp3) is 0.286. The maximum absolute atomic E-state index is 15.3. The number of likely N-dealkylation sites (tertiary alicyclic amines) is 1. The van der Waals surface area contributed by atoms with Crippen LogP contribution in [0.1, 0.15) is 28.8 Å². The third kappa shape index (κ3) is 3.99. The summed E-state index contributed by atoms with van der Waals surface area (Å²) in [6, 6.07) is 9.08. The second kappa shape index (κ2) is 7.80. The van der Waals surface area contributed by atoms with Crippen LogP contribution in [0.3, 0.4) is 0 Å². The Labute approximate surface area is 167 Å². The minimum Gasteiger partial charge on any atom is -0.338 e. The van der Waals surface area contributed by atoms with Gasteiger partial charge in [0.2, 0.25) is 0 Å². The molecular formula is C21H19FN6O. The van der Waals surface area contributed by atoms with Gasteiger partial charge in [0.05, 0.1) is 29.6 Å². The summed E-state index contributed by atoms with van der Waals surface area (Å²) in [5.74, 6) is -0.155. The fourth-order valence-electron chi connectivity index (χ4n) is 3.55. The molecule has 0 saturated carbocycles. The van der Waals surface area contributed by atoms with E-state index in [0.717, 1.165) is 5.56 Å². The number of nitriles is 1. The number of carbonyl (C=O) groups is 1. The van der Waals surface area contributed by atoms with Crippen molar-refractivity contribution in [1.82, 2.24) is 24.6 Å². The first-order valence-corrected chi connectivity index (χ1v) is 9.34. The number of hydrogen-bond acceptors (Lipinski definition) is 5. The fourth-order valence-corrected chi connectivity index (χ4v) is 3.55. The number of rotatable bonds is 4. The molecular weight excluding hydrogens is 371 g/mol. The summed E-state index contributed by atoms with van der Waals surface area (Å²) in [4.78, 5) is 23.1. The highest BCUT2D eigenvalue weighted by Gasteiger charge is 2.37. The van der Waals surface area contributed by atoms with Crippen LogP contribution in [-0.4, -0.2) is 49.3 Å². The molecule has 0 atom stereocenters. The number of hydrogen-bond donors (Lipinski definition) is 0. The van der Waals surface area contributed by atoms with Gasteiger partial charge in [-0.05, 0) is 24.3 Å². The largest absolute Gasteiger partial charge is 0.338 e. The molecule has 1 aliphatic rings. The van der Waals surface area contributed by atoms with Crippen molar-refractivity contribution in [1.29, 1.82) is 5.26 Å². The molecule has 3 aromatic heterocycles. The SMILES string of the molecule is N#Cc1cnn(CC2(F)CCN(C(=O)c3cccnc3-c3ccncc3)CC2)c1. The van der Waals surface area contributed by atoms with E-state index in [1.807, 2.05) is 18.2 Å². The highest BCUT2D eigenvalue weighted by molar-refractivity contribution is 5.99. The maximum atomic E-state index is 15.3. The zero-order valence-electron chi connectivity index (χ0n) is 15.7. The number of carbonyl (C=O) groups excluding carboxylic acids is 1. The molecule has 0 spiro atoms. The predicted octanol–water partition coefficient (Wildman–Crippen LogP) is 2.86. The Kier molecular flexibility index (Phi) is 5.04. The van der Waals surface area contributed by atoms with Crippen molar-refractivity contribution in [2.75, 3.05) is 13.1 Å². The van der Waals surface area contributed by atoms with E-state index in [-0.39, 0.29) is 25.3 Å². The zero-order valence-corrected chi connectivity index (χ0v) is 15.7. The topological polar surface area (TPSA) is 87.7 Å². The lowest BCUT2D eigenvalue weighted by molar-refractivity contribution is 0.0338. The minimum atomic E-state index is -1.46. The van der Waals surface area contributed by atoms with E-state index in [1.165, 1.54) is 17.1 Å². The Morgan fingerprint density at radius 1 is 1.21 bits per heavy atom. The van der Waals surface area contributed by atoms with Crippen LogP contribution in [0, 0.1) is 11.3 Å². The number of pyridine rings is 2. The molecule has 3 aromatic rings. The lowest BCUT2D eigenvalue weighted by Gasteiger charge is -2.36. The van der Waals surface area contributed by atoms with Crippen molar-refractivity contribution in [2.24, 2.45) is 0 Å². The van der Waals surface area contributed by atoms with Crippen molar-refractivity contribution in [3.8, 4) is 17.3 Å². The zero-order chi connectivity index (χ0) is 20.3. The monoisotopic (exact) mass is 390 g/mol. The van der Waals surface area contributed by atoms with E-state index < -0.39 is 5.67 Å². The molecule has 146 valence electrons. The van der Waals surface area contributed by atoms with Crippen LogP contribution in [0.2, 0.25) is 0 Å². The van der Waals surface area contributed by atoms with Gasteiger partial charge in [-0.1, -0.05) is 0 Å². The Bertz CT molecular complexity index is 1050. The van der Waals surface area contributed by atoms with Crippen molar-refractivity contribution in [3.05, 3.63) is 66.4 Å². The smallest absolute Gasteiger partial charge is 0.256 e. The molecule has 0 bridgehead atoms. The molecule has 0 aliphatic carbocycles. The Morgan fingerprint density at radius 2 is 1.97 bits per heavy atom. The van der Waals surface area contributed by atoms with Gasteiger partial charge < -0.3 is 4.90 Å². The van der Waals surface area contributed by atoms with E-state index in [2.05, 4.69) is 15.1 Å². The third-order valence-corrected chi connectivity index (χ3v) is 5.15. The minimum absolute atomic E-state index is 0.0753. The van der Waals surface area contributed by atoms with Gasteiger partial charge in [-0.15, -0.1) is 0 Å². The normalized spacial score (nSPS) is 15.7. The summed E-state index contributed by atoms with van der Waals surface area (Å²) in [7, 11) is 0. The summed E-state index contributed by atoms with van der Waals surface area (Å²) in [6.45, 7) is 0.699. The van der Waals surface area contributed by atoms with Crippen LogP contribution < -0.4 is 0 Å². The van der Waals surface area contributed by atoms with Gasteiger partial charge in [0, 0.05) is 56.3 Å². The Morgan fingerprint density at radius 3 is 2.66 bits per heavy atom. The summed E-state index contributed by atoms with van der Waals surface area (Å²) >= 11 is 0. The number of piperidine rings is 1. The molecule has 1 fully saturated rings. The average molecular weight is 390 g/mol. The number of amides is 1. The van der Waals surface area contributed by atoms with Gasteiger partial charge in [0.1, 0.15) is 11.7 Å². The molecule has 0 unspecified atom stereocenters. The van der Waals surface area contributed by atoms with Gasteiger partial charge >= 0.3 is 0 Å². The van der Waals surface area contributed by atoms with Gasteiger partial charge in [0.15, 0.2) is 0 Å². The van der Waals surface area contributed by atoms with Crippen molar-refractivity contribution in [2.45, 2.75) is 25.1 Å². The van der Waals surface area contributed by atoms with Gasteiger partial charge in [-0.25, -0.2) is 4.39 Å². The maximum Gasteiger partial charge on any atom is 0.256 e. The molecule has 4 heterocycles. The summed E-state index contributed by atoms with van der Waals surface area (Å²) < 4.78 is 16.7. The second-order valence-electron chi connectivity index (χ2n) is 7.12. The highest BCUT2D eigenvalue weighted by atomic mass is 19.1. The highest BCUT2D eigenvalue weighted by Crippen LogP contribution is 2.30. The second-order valence-corrected chi connectivity index (χ2v) is 7.12. The van der Waals surface area contributed by atoms with Gasteiger partial charge in [-0.3, -0.25) is 19.4 Å². The van der Waals surface area contributed by atoms with Crippen molar-refractivity contribution >= 4 is 5.91 Å². The Hall–Kier alpha value is -3.60. The lowest BCUT2D eigenvalue weighted by atomic mass is 9.92. The van der Waals surface area contributed by atoms with Crippen LogP contribution >= 0.6 is 0 Å². The molecule has 0 radical (unpaired) electrons. The lowest BCUT2D eigenvalue weighted by Crippen LogP contribution is -2.46. The first kappa shape index (κ1) is 18.7. The predicted molar refractivity (Wildman–Crippen MR) is 103 cm³/mol. The summed E-state index contributed by atoms with van der Waals surface area (Å²) in [6.07, 6.45) is 8.35. The van der Waals surface area contributed by atoms with Gasteiger partial charge in [0.25, 0.3) is 5.91 Å². The average Bonchev–Trinajstić information content (AvgIpc) is 3.21. The third-order valence-electron chi connectivity index (χ3n) is 5.15. The quantitative estimate of drug-likeness (QED) is 0.684. The Balaban J connectivity index is 1.47. The number of aromatic nitrogens is 4. The molecule has 1 saturated heterocycles. The molecule has 0 N–H and O–H groups in total. The molecule has 1 aliphatic heterocycles. The number of alkyl halides is 1. The standard InChI is InChI=1S/C21H19FN6O/c22-21(15-28-14-16(12-23)13-26-28)5-10-27(11-6-21)20(29)18-2-1-7-25-19(18)17-3-8-24-9-4-17/h1-4,7-9,13-14H,5-6,10-11,15H2. The summed E-state index contributed by atoms with van der Waals surface area (Å²) in [5, 5.41) is 12.9.